The quantitative estimate of drug-likeness (QED) is 0.401. The van der Waals surface area contributed by atoms with E-state index in [4.69, 9.17) is 0 Å². The molecule has 12 heteroatoms. The van der Waals surface area contributed by atoms with Crippen molar-refractivity contribution in [1.29, 1.82) is 0 Å². The summed E-state index contributed by atoms with van der Waals surface area (Å²) in [5.41, 5.74) is -4.16. The first kappa shape index (κ1) is 24.9. The van der Waals surface area contributed by atoms with Crippen LogP contribution >= 0.6 is 15.9 Å². The molecule has 1 aromatic carbocycles. The number of rotatable bonds is 5. The van der Waals surface area contributed by atoms with Crippen LogP contribution in [0.15, 0.2) is 45.2 Å². The fourth-order valence-electron chi connectivity index (χ4n) is 5.16. The van der Waals surface area contributed by atoms with Crippen LogP contribution < -0.4 is 9.62 Å². The number of anilines is 2. The lowest BCUT2D eigenvalue weighted by atomic mass is 9.67. The predicted octanol–water partition coefficient (Wildman–Crippen LogP) is 6.95. The molecule has 7 nitrogen and oxygen atoms in total. The smallest absolute Gasteiger partial charge is 0.368 e. The molecule has 0 amide bonds. The number of sulfonamides is 1. The van der Waals surface area contributed by atoms with Gasteiger partial charge in [-0.3, -0.25) is 4.72 Å². The Morgan fingerprint density at radius 3 is 2.50 bits per heavy atom. The Morgan fingerprint density at radius 1 is 1.21 bits per heavy atom. The molecule has 1 aliphatic carbocycles. The minimum Gasteiger partial charge on any atom is -0.368 e. The highest BCUT2D eigenvalue weighted by molar-refractivity contribution is 9.10. The normalized spacial score (nSPS) is 20.2. The van der Waals surface area contributed by atoms with Gasteiger partial charge in [0, 0.05) is 34.4 Å². The summed E-state index contributed by atoms with van der Waals surface area (Å²) >= 11 is 3.27. The molecular formula is C22H25BrF3N5O2S. The fourth-order valence-corrected chi connectivity index (χ4v) is 5.96. The second-order valence-electron chi connectivity index (χ2n) is 8.65. The van der Waals surface area contributed by atoms with Crippen molar-refractivity contribution >= 4 is 48.8 Å². The second kappa shape index (κ2) is 9.10. The van der Waals surface area contributed by atoms with Crippen LogP contribution in [0.5, 0.6) is 0 Å². The standard InChI is InChI=1S/C22H25BrF3N5O2S/c1-3-31-14(2)21(9-5-4-6-10-21)16-11-17(28-29-20-8-7-15(23)13-27-20)18(12-19(16)31)30-34(32,33)22(24,25)26/h7-8,11-14,30H,3-6,9-10H2,1-2H3. The van der Waals surface area contributed by atoms with Crippen LogP contribution in [0.2, 0.25) is 0 Å². The molecule has 2 heterocycles. The molecule has 1 fully saturated rings. The van der Waals surface area contributed by atoms with Crippen LogP contribution in [0.1, 0.15) is 51.5 Å². The van der Waals surface area contributed by atoms with Crippen LogP contribution in [0, 0.1) is 0 Å². The number of benzene rings is 1. The van der Waals surface area contributed by atoms with Crippen molar-refractivity contribution in [2.24, 2.45) is 10.2 Å². The molecule has 1 unspecified atom stereocenters. The molecule has 1 spiro atoms. The van der Waals surface area contributed by atoms with E-state index in [9.17, 15) is 21.6 Å². The van der Waals surface area contributed by atoms with Gasteiger partial charge in [-0.1, -0.05) is 19.3 Å². The van der Waals surface area contributed by atoms with Gasteiger partial charge in [-0.15, -0.1) is 10.2 Å². The van der Waals surface area contributed by atoms with Crippen molar-refractivity contribution in [3.05, 3.63) is 40.5 Å². The Labute approximate surface area is 205 Å². The zero-order valence-corrected chi connectivity index (χ0v) is 21.1. The SMILES string of the molecule is CCN1c2cc(NS(=O)(=O)C(F)(F)F)c(N=Nc3ccc(Br)cn3)cc2C2(CCCCC2)C1C. The van der Waals surface area contributed by atoms with Crippen molar-refractivity contribution in [3.63, 3.8) is 0 Å². The first-order valence-corrected chi connectivity index (χ1v) is 13.3. The number of pyridine rings is 1. The maximum absolute atomic E-state index is 13.2. The third kappa shape index (κ3) is 4.41. The van der Waals surface area contributed by atoms with E-state index >= 15 is 0 Å². The highest BCUT2D eigenvalue weighted by Gasteiger charge is 2.50. The lowest BCUT2D eigenvalue weighted by molar-refractivity contribution is -0.0429. The van der Waals surface area contributed by atoms with Gasteiger partial charge in [0.2, 0.25) is 0 Å². The number of likely N-dealkylation sites (N-methyl/N-ethyl adjacent to an activating group) is 1. The monoisotopic (exact) mass is 559 g/mol. The Kier molecular flexibility index (Phi) is 6.67. The third-order valence-electron chi connectivity index (χ3n) is 6.83. The van der Waals surface area contributed by atoms with Crippen LogP contribution in [0.25, 0.3) is 0 Å². The molecule has 2 aromatic rings. The van der Waals surface area contributed by atoms with Crippen molar-refractivity contribution in [1.82, 2.24) is 4.98 Å². The Morgan fingerprint density at radius 2 is 1.91 bits per heavy atom. The number of azo groups is 1. The average Bonchev–Trinajstić information content (AvgIpc) is 2.99. The highest BCUT2D eigenvalue weighted by Crippen LogP contribution is 2.55. The molecule has 1 aromatic heterocycles. The Balaban J connectivity index is 1.86. The van der Waals surface area contributed by atoms with E-state index in [0.29, 0.717) is 6.54 Å². The van der Waals surface area contributed by atoms with Crippen LogP contribution in [0.4, 0.5) is 36.1 Å². The number of halogens is 4. The maximum Gasteiger partial charge on any atom is 0.516 e. The molecule has 0 bridgehead atoms. The number of nitrogens with one attached hydrogen (secondary N) is 1. The average molecular weight is 560 g/mol. The van der Waals surface area contributed by atoms with Crippen LogP contribution in [0.3, 0.4) is 0 Å². The van der Waals surface area contributed by atoms with E-state index in [1.165, 1.54) is 12.3 Å². The lowest BCUT2D eigenvalue weighted by Gasteiger charge is -2.40. The summed E-state index contributed by atoms with van der Waals surface area (Å²) in [5, 5.41) is 8.19. The minimum atomic E-state index is -5.64. The lowest BCUT2D eigenvalue weighted by Crippen LogP contribution is -2.43. The Bertz CT molecular complexity index is 1200. The van der Waals surface area contributed by atoms with Crippen molar-refractivity contribution in [3.8, 4) is 0 Å². The molecule has 1 N–H and O–H groups in total. The summed E-state index contributed by atoms with van der Waals surface area (Å²) in [6, 6.07) is 6.58. The number of alkyl halides is 3. The molecule has 4 rings (SSSR count). The van der Waals surface area contributed by atoms with E-state index in [1.807, 2.05) is 6.92 Å². The first-order valence-electron chi connectivity index (χ1n) is 11.1. The second-order valence-corrected chi connectivity index (χ2v) is 11.2. The maximum atomic E-state index is 13.2. The summed E-state index contributed by atoms with van der Waals surface area (Å²) in [4.78, 5) is 6.22. The van der Waals surface area contributed by atoms with Gasteiger partial charge in [-0.25, -0.2) is 4.98 Å². The van der Waals surface area contributed by atoms with Gasteiger partial charge >= 0.3 is 15.5 Å². The van der Waals surface area contributed by atoms with Gasteiger partial charge in [-0.05, 0) is 72.4 Å². The van der Waals surface area contributed by atoms with Crippen molar-refractivity contribution < 1.29 is 21.6 Å². The number of hydrogen-bond donors (Lipinski definition) is 1. The van der Waals surface area contributed by atoms with Crippen molar-refractivity contribution in [2.75, 3.05) is 16.2 Å². The summed E-state index contributed by atoms with van der Waals surface area (Å²) < 4.78 is 65.9. The number of hydrogen-bond acceptors (Lipinski definition) is 6. The predicted molar refractivity (Wildman–Crippen MR) is 128 cm³/mol. The molecule has 1 saturated carbocycles. The molecule has 184 valence electrons. The van der Waals surface area contributed by atoms with E-state index < -0.39 is 15.5 Å². The van der Waals surface area contributed by atoms with E-state index in [0.717, 1.165) is 47.8 Å². The zero-order valence-electron chi connectivity index (χ0n) is 18.7. The molecule has 2 aliphatic rings. The molecule has 1 atom stereocenters. The Hall–Kier alpha value is -2.21. The van der Waals surface area contributed by atoms with Gasteiger partial charge in [0.05, 0.1) is 5.69 Å². The molecule has 1 aliphatic heterocycles. The van der Waals surface area contributed by atoms with Crippen LogP contribution in [-0.2, 0) is 15.4 Å². The molecule has 34 heavy (non-hydrogen) atoms. The number of nitrogens with zero attached hydrogens (tertiary/aromatic N) is 4. The van der Waals surface area contributed by atoms with Gasteiger partial charge in [-0.2, -0.15) is 21.6 Å². The van der Waals surface area contributed by atoms with E-state index in [2.05, 4.69) is 43.0 Å². The fraction of sp³-hybridized carbons (Fsp3) is 0.500. The topological polar surface area (TPSA) is 87.0 Å². The number of aromatic nitrogens is 1. The van der Waals surface area contributed by atoms with Gasteiger partial charge in [0.25, 0.3) is 0 Å². The summed E-state index contributed by atoms with van der Waals surface area (Å²) in [6.45, 7) is 4.75. The minimum absolute atomic E-state index is 0.0198. The largest absolute Gasteiger partial charge is 0.516 e. The summed E-state index contributed by atoms with van der Waals surface area (Å²) in [5.74, 6) is 0.240. The van der Waals surface area contributed by atoms with Gasteiger partial charge in [0.1, 0.15) is 5.69 Å². The van der Waals surface area contributed by atoms with Gasteiger partial charge < -0.3 is 4.90 Å². The zero-order chi connectivity index (χ0) is 24.7. The number of fused-ring (bicyclic) bond motifs is 2. The molecule has 0 radical (unpaired) electrons. The summed E-state index contributed by atoms with van der Waals surface area (Å²) in [6.07, 6.45) is 6.68. The third-order valence-corrected chi connectivity index (χ3v) is 8.40. The first-order chi connectivity index (χ1) is 16.0. The van der Waals surface area contributed by atoms with Crippen molar-refractivity contribution in [2.45, 2.75) is 62.9 Å². The van der Waals surface area contributed by atoms with Gasteiger partial charge in [0.15, 0.2) is 5.82 Å². The molecule has 0 saturated heterocycles. The van der Waals surface area contributed by atoms with Crippen LogP contribution in [-0.4, -0.2) is 31.5 Å². The van der Waals surface area contributed by atoms with E-state index in [-0.39, 0.29) is 28.6 Å². The molecular weight excluding hydrogens is 535 g/mol. The summed E-state index contributed by atoms with van der Waals surface area (Å²) in [7, 11) is -5.64. The van der Waals surface area contributed by atoms with E-state index in [1.54, 1.807) is 22.9 Å². The highest BCUT2D eigenvalue weighted by atomic mass is 79.9.